The number of hydrogen-bond acceptors (Lipinski definition) is 2. The van der Waals surface area contributed by atoms with E-state index in [1.165, 1.54) is 12.3 Å². The third kappa shape index (κ3) is 2.52. The minimum absolute atomic E-state index is 0.587. The predicted octanol–water partition coefficient (Wildman–Crippen LogP) is 3.24. The summed E-state index contributed by atoms with van der Waals surface area (Å²) >= 11 is 0. The van der Waals surface area contributed by atoms with E-state index < -0.39 is 11.9 Å². The normalized spacial score (nSPS) is 11.8. The molecular weight excluding hydrogens is 243 g/mol. The lowest BCUT2D eigenvalue weighted by molar-refractivity contribution is -0.141. The zero-order valence-corrected chi connectivity index (χ0v) is 9.78. The number of aromatic nitrogens is 3. The summed E-state index contributed by atoms with van der Waals surface area (Å²) < 4.78 is 38.9. The van der Waals surface area contributed by atoms with Crippen molar-refractivity contribution in [2.75, 3.05) is 0 Å². The summed E-state index contributed by atoms with van der Waals surface area (Å²) in [6.45, 7) is 2.02. The van der Waals surface area contributed by atoms with Crippen LogP contribution in [0.5, 0.6) is 0 Å². The minimum Gasteiger partial charge on any atom is -0.302 e. The average molecular weight is 255 g/mol. The Labute approximate surface area is 102 Å². The van der Waals surface area contributed by atoms with Crippen LogP contribution in [0.4, 0.5) is 13.2 Å². The summed E-state index contributed by atoms with van der Waals surface area (Å²) in [5, 5.41) is 0. The van der Waals surface area contributed by atoms with Crippen LogP contribution >= 0.6 is 0 Å². The number of aryl methyl sites for hydroxylation is 1. The van der Waals surface area contributed by atoms with Gasteiger partial charge in [0.05, 0.1) is 11.9 Å². The topological polar surface area (TPSA) is 30.7 Å². The van der Waals surface area contributed by atoms with Crippen LogP contribution in [0.15, 0.2) is 30.7 Å². The largest absolute Gasteiger partial charge is 0.433 e. The second-order valence-corrected chi connectivity index (χ2v) is 3.86. The Hall–Kier alpha value is -1.85. The molecule has 0 saturated carbocycles. The van der Waals surface area contributed by atoms with Crippen LogP contribution in [0, 0.1) is 0 Å². The van der Waals surface area contributed by atoms with Crippen molar-refractivity contribution in [1.82, 2.24) is 14.5 Å². The Balaban J connectivity index is 2.32. The second kappa shape index (κ2) is 4.80. The molecule has 0 radical (unpaired) electrons. The molecule has 96 valence electrons. The maximum Gasteiger partial charge on any atom is 0.433 e. The van der Waals surface area contributed by atoms with E-state index in [-0.39, 0.29) is 0 Å². The monoisotopic (exact) mass is 255 g/mol. The molecule has 2 rings (SSSR count). The maximum atomic E-state index is 12.4. The van der Waals surface area contributed by atoms with E-state index >= 15 is 0 Å². The number of halogens is 3. The zero-order chi connectivity index (χ0) is 13.2. The molecule has 0 atom stereocenters. The van der Waals surface area contributed by atoms with Gasteiger partial charge in [0.25, 0.3) is 0 Å². The Morgan fingerprint density at radius 2 is 2.00 bits per heavy atom. The van der Waals surface area contributed by atoms with Crippen molar-refractivity contribution < 1.29 is 13.2 Å². The lowest BCUT2D eigenvalue weighted by atomic mass is 10.3. The molecule has 0 fully saturated rings. The molecule has 6 heteroatoms. The van der Waals surface area contributed by atoms with E-state index in [4.69, 9.17) is 0 Å². The molecule has 18 heavy (non-hydrogen) atoms. The van der Waals surface area contributed by atoms with Crippen LogP contribution in [0.2, 0.25) is 0 Å². The Kier molecular flexibility index (Phi) is 3.36. The molecule has 0 aliphatic carbocycles. The molecule has 0 unspecified atom stereocenters. The summed E-state index contributed by atoms with van der Waals surface area (Å²) in [5.74, 6) is 0.819. The van der Waals surface area contributed by atoms with Gasteiger partial charge in [0.15, 0.2) is 0 Å². The maximum absolute atomic E-state index is 12.4. The Morgan fingerprint density at radius 3 is 2.56 bits per heavy atom. The Bertz CT molecular complexity index is 514. The van der Waals surface area contributed by atoms with E-state index in [9.17, 15) is 13.2 Å². The van der Waals surface area contributed by atoms with Crippen LogP contribution in [0.3, 0.4) is 0 Å². The van der Waals surface area contributed by atoms with Gasteiger partial charge in [0.2, 0.25) is 0 Å². The first-order valence-corrected chi connectivity index (χ1v) is 5.58. The molecule has 0 spiro atoms. The molecule has 0 bridgehead atoms. The van der Waals surface area contributed by atoms with Crippen molar-refractivity contribution in [3.63, 3.8) is 0 Å². The average Bonchev–Trinajstić information content (AvgIpc) is 2.77. The predicted molar refractivity (Wildman–Crippen MR) is 60.4 cm³/mol. The van der Waals surface area contributed by atoms with Gasteiger partial charge in [-0.15, -0.1) is 0 Å². The lowest BCUT2D eigenvalue weighted by Crippen LogP contribution is -2.08. The van der Waals surface area contributed by atoms with Crippen molar-refractivity contribution in [3.05, 3.63) is 42.2 Å². The summed E-state index contributed by atoms with van der Waals surface area (Å²) in [5.41, 5.74) is -0.299. The highest BCUT2D eigenvalue weighted by Gasteiger charge is 2.32. The molecule has 2 aromatic rings. The smallest absolute Gasteiger partial charge is 0.302 e. The van der Waals surface area contributed by atoms with Crippen molar-refractivity contribution in [1.29, 1.82) is 0 Å². The van der Waals surface area contributed by atoms with E-state index in [0.717, 1.165) is 24.7 Å². The van der Waals surface area contributed by atoms with Gasteiger partial charge >= 0.3 is 6.18 Å². The van der Waals surface area contributed by atoms with E-state index in [2.05, 4.69) is 9.97 Å². The molecule has 3 nitrogen and oxygen atoms in total. The molecule has 0 saturated heterocycles. The fourth-order valence-corrected chi connectivity index (χ4v) is 1.67. The molecule has 2 aromatic heterocycles. The number of rotatable bonds is 3. The summed E-state index contributed by atoms with van der Waals surface area (Å²) in [6, 6.07) is 2.38. The van der Waals surface area contributed by atoms with Crippen molar-refractivity contribution in [2.24, 2.45) is 0 Å². The lowest BCUT2D eigenvalue weighted by Gasteiger charge is -2.09. The molecular formula is C12H12F3N3. The molecule has 0 aliphatic rings. The van der Waals surface area contributed by atoms with Gasteiger partial charge in [-0.3, -0.25) is 0 Å². The molecule has 0 aliphatic heterocycles. The Morgan fingerprint density at radius 1 is 1.22 bits per heavy atom. The number of hydrogen-bond donors (Lipinski definition) is 0. The fourth-order valence-electron chi connectivity index (χ4n) is 1.67. The second-order valence-electron chi connectivity index (χ2n) is 3.86. The van der Waals surface area contributed by atoms with Gasteiger partial charge in [-0.1, -0.05) is 6.92 Å². The molecule has 2 heterocycles. The highest BCUT2D eigenvalue weighted by molar-refractivity contribution is 5.32. The van der Waals surface area contributed by atoms with Gasteiger partial charge in [-0.25, -0.2) is 9.97 Å². The van der Waals surface area contributed by atoms with Crippen LogP contribution in [0.1, 0.15) is 24.9 Å². The van der Waals surface area contributed by atoms with Gasteiger partial charge in [0.1, 0.15) is 11.5 Å². The fraction of sp³-hybridized carbons (Fsp3) is 0.333. The minimum atomic E-state index is -4.40. The van der Waals surface area contributed by atoms with Gasteiger partial charge in [-0.2, -0.15) is 13.2 Å². The van der Waals surface area contributed by atoms with Crippen LogP contribution in [-0.2, 0) is 12.6 Å². The van der Waals surface area contributed by atoms with Crippen molar-refractivity contribution in [2.45, 2.75) is 25.9 Å². The van der Waals surface area contributed by atoms with Gasteiger partial charge in [-0.05, 0) is 18.6 Å². The summed E-state index contributed by atoms with van der Waals surface area (Å²) in [6.07, 6.45) is 1.85. The standard InChI is InChI=1S/C12H12F3N3/c1-2-3-11-16-6-7-18(11)9-4-5-10(17-8-9)12(13,14)15/h4-8H,2-3H2,1H3. The number of pyridine rings is 1. The summed E-state index contributed by atoms with van der Waals surface area (Å²) in [7, 11) is 0. The third-order valence-electron chi connectivity index (χ3n) is 2.51. The number of imidazole rings is 1. The van der Waals surface area contributed by atoms with Gasteiger partial charge in [0, 0.05) is 18.8 Å². The summed E-state index contributed by atoms with van der Waals surface area (Å²) in [4.78, 5) is 7.60. The van der Waals surface area contributed by atoms with Crippen LogP contribution < -0.4 is 0 Å². The van der Waals surface area contributed by atoms with E-state index in [0.29, 0.717) is 5.69 Å². The highest BCUT2D eigenvalue weighted by atomic mass is 19.4. The first kappa shape index (κ1) is 12.6. The first-order valence-electron chi connectivity index (χ1n) is 5.58. The van der Waals surface area contributed by atoms with Crippen molar-refractivity contribution >= 4 is 0 Å². The number of nitrogens with zero attached hydrogens (tertiary/aromatic N) is 3. The quantitative estimate of drug-likeness (QED) is 0.843. The molecule has 0 N–H and O–H groups in total. The third-order valence-corrected chi connectivity index (χ3v) is 2.51. The first-order chi connectivity index (χ1) is 8.52. The highest BCUT2D eigenvalue weighted by Crippen LogP contribution is 2.27. The number of alkyl halides is 3. The molecule has 0 amide bonds. The van der Waals surface area contributed by atoms with Gasteiger partial charge < -0.3 is 4.57 Å². The van der Waals surface area contributed by atoms with Crippen molar-refractivity contribution in [3.8, 4) is 5.69 Å². The van der Waals surface area contributed by atoms with E-state index in [1.54, 1.807) is 17.0 Å². The molecule has 0 aromatic carbocycles. The van der Waals surface area contributed by atoms with Crippen LogP contribution in [-0.4, -0.2) is 14.5 Å². The SMILES string of the molecule is CCCc1nccn1-c1ccc(C(F)(F)F)nc1. The van der Waals surface area contributed by atoms with Crippen LogP contribution in [0.25, 0.3) is 5.69 Å². The van der Waals surface area contributed by atoms with E-state index in [1.807, 2.05) is 6.92 Å². The zero-order valence-electron chi connectivity index (χ0n) is 9.78.